The van der Waals surface area contributed by atoms with Crippen molar-refractivity contribution >= 4 is 10.0 Å². The van der Waals surface area contributed by atoms with Crippen molar-refractivity contribution in [3.05, 3.63) is 53.1 Å². The van der Waals surface area contributed by atoms with Crippen molar-refractivity contribution in [2.75, 3.05) is 14.2 Å². The van der Waals surface area contributed by atoms with Crippen LogP contribution in [0, 0.1) is 6.92 Å². The average molecular weight is 378 g/mol. The van der Waals surface area contributed by atoms with Crippen LogP contribution < -0.4 is 14.2 Å². The van der Waals surface area contributed by atoms with E-state index in [0.29, 0.717) is 18.6 Å². The number of aryl methyl sites for hydroxylation is 2. The van der Waals surface area contributed by atoms with Crippen molar-refractivity contribution in [1.82, 2.24) is 4.72 Å². The SMILES string of the molecule is CCc1cc(S(=O)(=O)N[C@@H](CC)c2ccc(OC)c(C)c2)ccc1OC. The Morgan fingerprint density at radius 3 is 2.19 bits per heavy atom. The molecule has 142 valence electrons. The minimum atomic E-state index is -3.64. The first-order valence-corrected chi connectivity index (χ1v) is 10.2. The van der Waals surface area contributed by atoms with Gasteiger partial charge in [-0.3, -0.25) is 0 Å². The lowest BCUT2D eigenvalue weighted by atomic mass is 10.0. The van der Waals surface area contributed by atoms with E-state index >= 15 is 0 Å². The Balaban J connectivity index is 2.33. The number of methoxy groups -OCH3 is 2. The van der Waals surface area contributed by atoms with Crippen molar-refractivity contribution in [1.29, 1.82) is 0 Å². The van der Waals surface area contributed by atoms with Crippen molar-refractivity contribution in [3.8, 4) is 11.5 Å². The highest BCUT2D eigenvalue weighted by molar-refractivity contribution is 7.89. The van der Waals surface area contributed by atoms with Crippen LogP contribution in [-0.4, -0.2) is 22.6 Å². The molecule has 6 heteroatoms. The zero-order chi connectivity index (χ0) is 19.3. The molecule has 0 fully saturated rings. The van der Waals surface area contributed by atoms with Gasteiger partial charge in [0.25, 0.3) is 0 Å². The van der Waals surface area contributed by atoms with Crippen molar-refractivity contribution < 1.29 is 17.9 Å². The van der Waals surface area contributed by atoms with E-state index in [1.165, 1.54) is 0 Å². The van der Waals surface area contributed by atoms with Gasteiger partial charge in [-0.15, -0.1) is 0 Å². The summed E-state index contributed by atoms with van der Waals surface area (Å²) >= 11 is 0. The molecule has 0 aromatic heterocycles. The first kappa shape index (κ1) is 20.3. The predicted molar refractivity (Wildman–Crippen MR) is 103 cm³/mol. The van der Waals surface area contributed by atoms with Crippen LogP contribution in [0.3, 0.4) is 0 Å². The smallest absolute Gasteiger partial charge is 0.241 e. The maximum Gasteiger partial charge on any atom is 0.241 e. The highest BCUT2D eigenvalue weighted by Crippen LogP contribution is 2.27. The standard InChI is InChI=1S/C20H27NO4S/c1-6-15-13-17(9-11-20(15)25-5)26(22,23)21-18(7-2)16-8-10-19(24-4)14(3)12-16/h8-13,18,21H,6-7H2,1-5H3/t18-/m0/s1. The molecular weight excluding hydrogens is 350 g/mol. The Morgan fingerprint density at radius 1 is 1.00 bits per heavy atom. The topological polar surface area (TPSA) is 64.6 Å². The number of ether oxygens (including phenoxy) is 2. The molecule has 0 radical (unpaired) electrons. The molecule has 0 saturated heterocycles. The molecular formula is C20H27NO4S. The number of benzene rings is 2. The fourth-order valence-corrected chi connectivity index (χ4v) is 4.32. The summed E-state index contributed by atoms with van der Waals surface area (Å²) in [4.78, 5) is 0.249. The maximum absolute atomic E-state index is 12.9. The zero-order valence-corrected chi connectivity index (χ0v) is 16.8. The van der Waals surface area contributed by atoms with Gasteiger partial charge in [0.15, 0.2) is 0 Å². The van der Waals surface area contributed by atoms with Crippen LogP contribution in [0.1, 0.15) is 43.0 Å². The minimum Gasteiger partial charge on any atom is -0.496 e. The molecule has 0 aliphatic heterocycles. The minimum absolute atomic E-state index is 0.249. The molecule has 2 aromatic carbocycles. The summed E-state index contributed by atoms with van der Waals surface area (Å²) in [5.74, 6) is 1.48. The summed E-state index contributed by atoms with van der Waals surface area (Å²) in [5, 5.41) is 0. The average Bonchev–Trinajstić information content (AvgIpc) is 2.65. The molecule has 5 nitrogen and oxygen atoms in total. The monoisotopic (exact) mass is 377 g/mol. The van der Waals surface area contributed by atoms with E-state index in [0.717, 1.165) is 22.4 Å². The summed E-state index contributed by atoms with van der Waals surface area (Å²) < 4.78 is 39.1. The molecule has 2 rings (SSSR count). The Labute approximate surface area is 156 Å². The Bertz CT molecular complexity index is 862. The number of hydrogen-bond acceptors (Lipinski definition) is 4. The zero-order valence-electron chi connectivity index (χ0n) is 16.0. The Kier molecular flexibility index (Phi) is 6.67. The van der Waals surface area contributed by atoms with Gasteiger partial charge in [0.1, 0.15) is 11.5 Å². The van der Waals surface area contributed by atoms with Crippen molar-refractivity contribution in [2.45, 2.75) is 44.6 Å². The lowest BCUT2D eigenvalue weighted by Crippen LogP contribution is -2.28. The lowest BCUT2D eigenvalue weighted by molar-refractivity contribution is 0.409. The molecule has 1 N–H and O–H groups in total. The molecule has 0 saturated carbocycles. The van der Waals surface area contributed by atoms with Crippen LogP contribution in [0.2, 0.25) is 0 Å². The highest BCUT2D eigenvalue weighted by Gasteiger charge is 2.22. The van der Waals surface area contributed by atoms with Gasteiger partial charge in [-0.1, -0.05) is 26.0 Å². The van der Waals surface area contributed by atoms with Crippen LogP contribution in [0.15, 0.2) is 41.3 Å². The molecule has 0 heterocycles. The van der Waals surface area contributed by atoms with Crippen LogP contribution in [0.5, 0.6) is 11.5 Å². The van der Waals surface area contributed by atoms with E-state index in [2.05, 4.69) is 4.72 Å². The van der Waals surface area contributed by atoms with Gasteiger partial charge in [-0.2, -0.15) is 0 Å². The van der Waals surface area contributed by atoms with Crippen LogP contribution >= 0.6 is 0 Å². The van der Waals surface area contributed by atoms with Crippen LogP contribution in [-0.2, 0) is 16.4 Å². The van der Waals surface area contributed by atoms with E-state index in [1.807, 2.05) is 39.0 Å². The largest absolute Gasteiger partial charge is 0.496 e. The van der Waals surface area contributed by atoms with Crippen molar-refractivity contribution in [3.63, 3.8) is 0 Å². The normalized spacial score (nSPS) is 12.7. The second-order valence-electron chi connectivity index (χ2n) is 6.14. The number of rotatable bonds is 8. The summed E-state index contributed by atoms with van der Waals surface area (Å²) in [6, 6.07) is 10.4. The highest BCUT2D eigenvalue weighted by atomic mass is 32.2. The summed E-state index contributed by atoms with van der Waals surface area (Å²) in [6.45, 7) is 5.87. The van der Waals surface area contributed by atoms with E-state index in [1.54, 1.807) is 32.4 Å². The summed E-state index contributed by atoms with van der Waals surface area (Å²) in [7, 11) is -0.437. The molecule has 0 amide bonds. The first-order valence-electron chi connectivity index (χ1n) is 8.70. The van der Waals surface area contributed by atoms with Gasteiger partial charge in [-0.05, 0) is 60.7 Å². The van der Waals surface area contributed by atoms with Gasteiger partial charge < -0.3 is 9.47 Å². The molecule has 0 spiro atoms. The molecule has 1 atom stereocenters. The van der Waals surface area contributed by atoms with E-state index < -0.39 is 10.0 Å². The predicted octanol–water partition coefficient (Wildman–Crippen LogP) is 4.00. The number of sulfonamides is 1. The second-order valence-corrected chi connectivity index (χ2v) is 7.85. The Morgan fingerprint density at radius 2 is 1.65 bits per heavy atom. The molecule has 0 aliphatic carbocycles. The van der Waals surface area contributed by atoms with Gasteiger partial charge in [0.05, 0.1) is 19.1 Å². The van der Waals surface area contributed by atoms with E-state index in [4.69, 9.17) is 9.47 Å². The van der Waals surface area contributed by atoms with Gasteiger partial charge >= 0.3 is 0 Å². The van der Waals surface area contributed by atoms with E-state index in [9.17, 15) is 8.42 Å². The quantitative estimate of drug-likeness (QED) is 0.755. The fraction of sp³-hybridized carbons (Fsp3) is 0.400. The summed E-state index contributed by atoms with van der Waals surface area (Å²) in [6.07, 6.45) is 1.34. The summed E-state index contributed by atoms with van der Waals surface area (Å²) in [5.41, 5.74) is 2.75. The third-order valence-corrected chi connectivity index (χ3v) is 5.94. The third-order valence-electron chi connectivity index (χ3n) is 4.47. The maximum atomic E-state index is 12.9. The van der Waals surface area contributed by atoms with Gasteiger partial charge in [-0.25, -0.2) is 13.1 Å². The lowest BCUT2D eigenvalue weighted by Gasteiger charge is -2.19. The van der Waals surface area contributed by atoms with Crippen LogP contribution in [0.4, 0.5) is 0 Å². The van der Waals surface area contributed by atoms with E-state index in [-0.39, 0.29) is 10.9 Å². The molecule has 0 bridgehead atoms. The Hall–Kier alpha value is -2.05. The van der Waals surface area contributed by atoms with Crippen molar-refractivity contribution in [2.24, 2.45) is 0 Å². The second kappa shape index (κ2) is 8.56. The molecule has 26 heavy (non-hydrogen) atoms. The third kappa shape index (κ3) is 4.37. The van der Waals surface area contributed by atoms with Crippen LogP contribution in [0.25, 0.3) is 0 Å². The molecule has 2 aromatic rings. The molecule has 0 unspecified atom stereocenters. The first-order chi connectivity index (χ1) is 12.4. The number of hydrogen-bond donors (Lipinski definition) is 1. The molecule has 0 aliphatic rings. The van der Waals surface area contributed by atoms with Gasteiger partial charge in [0.2, 0.25) is 10.0 Å². The van der Waals surface area contributed by atoms with Gasteiger partial charge in [0, 0.05) is 6.04 Å². The fourth-order valence-electron chi connectivity index (χ4n) is 2.96. The number of nitrogens with one attached hydrogen (secondary N) is 1.